The molecule has 0 aliphatic rings. The van der Waals surface area contributed by atoms with Crippen LogP contribution in [0.5, 0.6) is 0 Å². The van der Waals surface area contributed by atoms with Gasteiger partial charge in [-0.1, -0.05) is 12.1 Å². The van der Waals surface area contributed by atoms with Gasteiger partial charge in [-0.05, 0) is 12.1 Å². The molecule has 0 saturated heterocycles. The van der Waals surface area contributed by atoms with Crippen LogP contribution in [0.2, 0.25) is 0 Å². The summed E-state index contributed by atoms with van der Waals surface area (Å²) in [6.07, 6.45) is -3.16. The van der Waals surface area contributed by atoms with E-state index < -0.39 is 12.1 Å². The van der Waals surface area contributed by atoms with Crippen LogP contribution < -0.4 is 0 Å². The number of nitrogens with zero attached hydrogens (tertiary/aromatic N) is 3. The fourth-order valence-electron chi connectivity index (χ4n) is 1.35. The van der Waals surface area contributed by atoms with Crippen LogP contribution in [0, 0.1) is 0 Å². The normalized spacial score (nSPS) is 11.4. The summed E-state index contributed by atoms with van der Waals surface area (Å²) in [5.41, 5.74) is 0.722. The Bertz CT molecular complexity index is 623. The highest BCUT2D eigenvalue weighted by Crippen LogP contribution is 2.29. The first-order valence-corrected chi connectivity index (χ1v) is 5.92. The van der Waals surface area contributed by atoms with Crippen LogP contribution in [0.25, 0.3) is 11.4 Å². The monoisotopic (exact) mass is 301 g/mol. The van der Waals surface area contributed by atoms with Crippen LogP contribution in [-0.4, -0.2) is 21.1 Å². The highest BCUT2D eigenvalue weighted by Gasteiger charge is 2.38. The third kappa shape index (κ3) is 3.77. The van der Waals surface area contributed by atoms with Gasteiger partial charge in [0.2, 0.25) is 5.82 Å². The first-order valence-electron chi connectivity index (χ1n) is 5.92. The fraction of sp³-hybridized carbons (Fsp3) is 0.333. The first kappa shape index (κ1) is 14.9. The highest BCUT2D eigenvalue weighted by molar-refractivity contribution is 5.68. The molecule has 0 fully saturated rings. The zero-order valence-corrected chi connectivity index (χ0v) is 10.8. The number of alkyl halides is 3. The van der Waals surface area contributed by atoms with Crippen LogP contribution in [0.1, 0.15) is 24.9 Å². The van der Waals surface area contributed by atoms with E-state index in [4.69, 9.17) is 4.74 Å². The van der Waals surface area contributed by atoms with Crippen LogP contribution >= 0.6 is 0 Å². The molecule has 0 unspecified atom stereocenters. The lowest BCUT2D eigenvalue weighted by Gasteiger charge is -2.02. The molecule has 0 aliphatic heterocycles. The topological polar surface area (TPSA) is 78.1 Å². The molecule has 2 aromatic rings. The zero-order chi connectivity index (χ0) is 15.5. The number of aromatic nitrogens is 3. The number of esters is 1. The van der Waals surface area contributed by atoms with Crippen LogP contribution in [0.3, 0.4) is 0 Å². The van der Waals surface area contributed by atoms with Gasteiger partial charge in [0.15, 0.2) is 0 Å². The Hall–Kier alpha value is -2.45. The van der Waals surface area contributed by atoms with Gasteiger partial charge in [0.1, 0.15) is 6.61 Å². The average molecular weight is 301 g/mol. The van der Waals surface area contributed by atoms with E-state index in [1.807, 2.05) is 0 Å². The van der Waals surface area contributed by atoms with Gasteiger partial charge in [-0.3, -0.25) is 9.78 Å². The van der Waals surface area contributed by atoms with Crippen molar-refractivity contribution in [2.45, 2.75) is 26.1 Å². The van der Waals surface area contributed by atoms with Crippen molar-refractivity contribution in [3.63, 3.8) is 0 Å². The summed E-state index contributed by atoms with van der Waals surface area (Å²) in [5, 5.41) is 3.24. The van der Waals surface area contributed by atoms with Gasteiger partial charge in [-0.15, -0.1) is 0 Å². The van der Waals surface area contributed by atoms with Crippen molar-refractivity contribution >= 4 is 5.97 Å². The maximum absolute atomic E-state index is 12.3. The molecule has 0 radical (unpaired) electrons. The van der Waals surface area contributed by atoms with Crippen molar-refractivity contribution in [2.75, 3.05) is 0 Å². The number of pyridine rings is 1. The minimum atomic E-state index is -4.69. The second kappa shape index (κ2) is 5.90. The van der Waals surface area contributed by atoms with E-state index in [0.29, 0.717) is 5.69 Å². The quantitative estimate of drug-likeness (QED) is 0.808. The number of hydrogen-bond acceptors (Lipinski definition) is 6. The summed E-state index contributed by atoms with van der Waals surface area (Å²) in [4.78, 5) is 18.2. The Morgan fingerprint density at radius 3 is 2.67 bits per heavy atom. The van der Waals surface area contributed by atoms with Gasteiger partial charge in [-0.2, -0.15) is 18.2 Å². The van der Waals surface area contributed by atoms with Crippen LogP contribution in [-0.2, 0) is 22.3 Å². The molecule has 0 atom stereocenters. The standard InChI is InChI=1S/C12H10F3N3O3/c1-2-9(19)20-6-8-4-3-7(5-16-8)10-17-11(21-18-10)12(13,14)15/h3-5H,2,6H2,1H3. The molecule has 0 spiro atoms. The third-order valence-electron chi connectivity index (χ3n) is 2.42. The Kier molecular flexibility index (Phi) is 4.20. The Balaban J connectivity index is 2.08. The first-order chi connectivity index (χ1) is 9.90. The van der Waals surface area contributed by atoms with Gasteiger partial charge in [0.05, 0.1) is 5.69 Å². The molecule has 112 valence electrons. The molecule has 2 aromatic heterocycles. The maximum Gasteiger partial charge on any atom is 0.471 e. The number of halogens is 3. The summed E-state index contributed by atoms with van der Waals surface area (Å²) >= 11 is 0. The lowest BCUT2D eigenvalue weighted by atomic mass is 10.2. The minimum Gasteiger partial charge on any atom is -0.459 e. The molecule has 0 bridgehead atoms. The molecule has 0 aromatic carbocycles. The van der Waals surface area contributed by atoms with Crippen molar-refractivity contribution in [1.29, 1.82) is 0 Å². The largest absolute Gasteiger partial charge is 0.471 e. The lowest BCUT2D eigenvalue weighted by molar-refractivity contribution is -0.159. The predicted molar refractivity (Wildman–Crippen MR) is 62.6 cm³/mol. The number of rotatable bonds is 4. The molecule has 0 aliphatic carbocycles. The van der Waals surface area contributed by atoms with Crippen molar-refractivity contribution in [1.82, 2.24) is 15.1 Å². The van der Waals surface area contributed by atoms with E-state index in [-0.39, 0.29) is 30.4 Å². The molecule has 0 N–H and O–H groups in total. The van der Waals surface area contributed by atoms with Crippen LogP contribution in [0.15, 0.2) is 22.9 Å². The summed E-state index contributed by atoms with van der Waals surface area (Å²) < 4.78 is 46.0. The van der Waals surface area contributed by atoms with Gasteiger partial charge in [0, 0.05) is 18.2 Å². The Morgan fingerprint density at radius 1 is 1.38 bits per heavy atom. The third-order valence-corrected chi connectivity index (χ3v) is 2.42. The van der Waals surface area contributed by atoms with E-state index in [9.17, 15) is 18.0 Å². The second-order valence-electron chi connectivity index (χ2n) is 3.97. The Morgan fingerprint density at radius 2 is 2.14 bits per heavy atom. The van der Waals surface area contributed by atoms with E-state index >= 15 is 0 Å². The number of ether oxygens (including phenoxy) is 1. The zero-order valence-electron chi connectivity index (χ0n) is 10.8. The molecular formula is C12H10F3N3O3. The highest BCUT2D eigenvalue weighted by atomic mass is 19.4. The number of hydrogen-bond donors (Lipinski definition) is 0. The van der Waals surface area contributed by atoms with E-state index in [1.165, 1.54) is 18.3 Å². The van der Waals surface area contributed by atoms with E-state index in [0.717, 1.165) is 0 Å². The number of carbonyl (C=O) groups excluding carboxylic acids is 1. The predicted octanol–water partition coefficient (Wildman–Crippen LogP) is 2.60. The molecule has 2 heterocycles. The number of carbonyl (C=O) groups is 1. The molecule has 0 amide bonds. The van der Waals surface area contributed by atoms with Gasteiger partial charge in [-0.25, -0.2) is 0 Å². The molecular weight excluding hydrogens is 291 g/mol. The Labute approximate surface area is 116 Å². The van der Waals surface area contributed by atoms with Gasteiger partial charge >= 0.3 is 18.0 Å². The summed E-state index contributed by atoms with van der Waals surface area (Å²) in [6, 6.07) is 2.97. The maximum atomic E-state index is 12.3. The van der Waals surface area contributed by atoms with Crippen molar-refractivity contribution < 1.29 is 27.2 Å². The summed E-state index contributed by atoms with van der Waals surface area (Å²) in [6.45, 7) is 1.65. The lowest BCUT2D eigenvalue weighted by Crippen LogP contribution is -2.05. The molecule has 0 saturated carbocycles. The van der Waals surface area contributed by atoms with Crippen molar-refractivity contribution in [3.8, 4) is 11.4 Å². The molecule has 2 rings (SSSR count). The minimum absolute atomic E-state index is 0.00695. The second-order valence-corrected chi connectivity index (χ2v) is 3.97. The van der Waals surface area contributed by atoms with E-state index in [2.05, 4.69) is 19.6 Å². The van der Waals surface area contributed by atoms with E-state index in [1.54, 1.807) is 6.92 Å². The molecule has 21 heavy (non-hydrogen) atoms. The summed E-state index contributed by atoms with van der Waals surface area (Å²) in [7, 11) is 0. The summed E-state index contributed by atoms with van der Waals surface area (Å²) in [5.74, 6) is -2.00. The van der Waals surface area contributed by atoms with Gasteiger partial charge < -0.3 is 9.26 Å². The fourth-order valence-corrected chi connectivity index (χ4v) is 1.35. The van der Waals surface area contributed by atoms with Crippen molar-refractivity contribution in [3.05, 3.63) is 29.9 Å². The van der Waals surface area contributed by atoms with Gasteiger partial charge in [0.25, 0.3) is 0 Å². The molecule has 6 nitrogen and oxygen atoms in total. The average Bonchev–Trinajstić information content (AvgIpc) is 2.95. The van der Waals surface area contributed by atoms with Crippen molar-refractivity contribution in [2.24, 2.45) is 0 Å². The smallest absolute Gasteiger partial charge is 0.459 e. The molecule has 9 heteroatoms. The SMILES string of the molecule is CCC(=O)OCc1ccc(-c2noc(C(F)(F)F)n2)cn1. The van der Waals surface area contributed by atoms with Crippen LogP contribution in [0.4, 0.5) is 13.2 Å².